The van der Waals surface area contributed by atoms with E-state index < -0.39 is 30.0 Å². The fourth-order valence-corrected chi connectivity index (χ4v) is 9.95. The summed E-state index contributed by atoms with van der Waals surface area (Å²) < 4.78 is 32.6. The van der Waals surface area contributed by atoms with Gasteiger partial charge in [0.1, 0.15) is 29.6 Å². The Labute approximate surface area is 381 Å². The number of amides is 3. The van der Waals surface area contributed by atoms with Gasteiger partial charge in [-0.15, -0.1) is 0 Å². The predicted octanol–water partition coefficient (Wildman–Crippen LogP) is 7.55. The van der Waals surface area contributed by atoms with Crippen LogP contribution in [0.2, 0.25) is 0 Å². The SMILES string of the molecule is N[C@H](C(=O)N1CCC[C@H]1c1ncc(-c2ccc3cc(-c4ccc(-c5cnc([C@@H]6CCCN6C(=O)[C@H](NC(=O)OC6CCOCC6)c6ccccc6)[nH]5)c(F)c4)ncc3c2)[nH]1)C1CCOCC1. The zero-order valence-corrected chi connectivity index (χ0v) is 36.7. The zero-order chi connectivity index (χ0) is 45.1. The van der Waals surface area contributed by atoms with Crippen LogP contribution in [0.15, 0.2) is 91.4 Å². The number of rotatable bonds is 11. The summed E-state index contributed by atoms with van der Waals surface area (Å²) >= 11 is 0. The highest BCUT2D eigenvalue weighted by atomic mass is 19.1. The summed E-state index contributed by atoms with van der Waals surface area (Å²) in [6.07, 6.45) is 10.2. The third kappa shape index (κ3) is 9.04. The van der Waals surface area contributed by atoms with Crippen molar-refractivity contribution in [2.75, 3.05) is 39.5 Å². The van der Waals surface area contributed by atoms with E-state index in [4.69, 9.17) is 29.9 Å². The first kappa shape index (κ1) is 43.4. The molecule has 0 radical (unpaired) electrons. The summed E-state index contributed by atoms with van der Waals surface area (Å²) in [5.74, 6) is 0.684. The highest BCUT2D eigenvalue weighted by molar-refractivity contribution is 5.89. The number of aromatic nitrogens is 5. The lowest BCUT2D eigenvalue weighted by Gasteiger charge is -2.32. The lowest BCUT2D eigenvalue weighted by molar-refractivity contribution is -0.136. The van der Waals surface area contributed by atoms with Gasteiger partial charge >= 0.3 is 6.09 Å². The van der Waals surface area contributed by atoms with E-state index in [1.807, 2.05) is 71.8 Å². The van der Waals surface area contributed by atoms with Crippen LogP contribution in [0.4, 0.5) is 9.18 Å². The lowest BCUT2D eigenvalue weighted by atomic mass is 9.91. The lowest BCUT2D eigenvalue weighted by Crippen LogP contribution is -2.48. The third-order valence-corrected chi connectivity index (χ3v) is 13.6. The van der Waals surface area contributed by atoms with Crippen molar-refractivity contribution in [2.24, 2.45) is 11.7 Å². The number of fused-ring (bicyclic) bond motifs is 1. The van der Waals surface area contributed by atoms with Crippen molar-refractivity contribution < 1.29 is 33.0 Å². The normalized spacial score (nSPS) is 20.4. The number of nitrogens with one attached hydrogen (secondary N) is 3. The van der Waals surface area contributed by atoms with Crippen molar-refractivity contribution in [3.8, 4) is 33.8 Å². The minimum absolute atomic E-state index is 0.0174. The summed E-state index contributed by atoms with van der Waals surface area (Å²) in [5.41, 5.74) is 11.0. The second-order valence-corrected chi connectivity index (χ2v) is 17.8. The van der Waals surface area contributed by atoms with E-state index in [1.54, 1.807) is 23.4 Å². The maximum atomic E-state index is 16.0. The van der Waals surface area contributed by atoms with E-state index >= 15 is 4.39 Å². The van der Waals surface area contributed by atoms with Crippen molar-refractivity contribution >= 4 is 28.7 Å². The van der Waals surface area contributed by atoms with Crippen LogP contribution in [0.5, 0.6) is 0 Å². The third-order valence-electron chi connectivity index (χ3n) is 13.6. The smallest absolute Gasteiger partial charge is 0.408 e. The Kier molecular flexibility index (Phi) is 12.6. The van der Waals surface area contributed by atoms with Crippen molar-refractivity contribution in [3.63, 3.8) is 0 Å². The van der Waals surface area contributed by atoms with Crippen LogP contribution in [-0.2, 0) is 23.8 Å². The van der Waals surface area contributed by atoms with Gasteiger partial charge in [-0.1, -0.05) is 48.5 Å². The minimum Gasteiger partial charge on any atom is -0.446 e. The molecule has 16 heteroatoms. The molecule has 0 saturated carbocycles. The molecule has 3 amide bonds. The summed E-state index contributed by atoms with van der Waals surface area (Å²) in [7, 11) is 0. The molecule has 342 valence electrons. The van der Waals surface area contributed by atoms with Crippen molar-refractivity contribution in [1.82, 2.24) is 40.0 Å². The molecule has 4 fully saturated rings. The molecule has 3 aromatic carbocycles. The van der Waals surface area contributed by atoms with E-state index in [-0.39, 0.29) is 29.9 Å². The molecule has 7 heterocycles. The number of pyridine rings is 1. The Morgan fingerprint density at radius 2 is 1.36 bits per heavy atom. The molecule has 66 heavy (non-hydrogen) atoms. The minimum atomic E-state index is -0.964. The average molecular weight is 896 g/mol. The first-order valence-corrected chi connectivity index (χ1v) is 23.1. The molecule has 10 rings (SSSR count). The van der Waals surface area contributed by atoms with Crippen LogP contribution in [-0.4, -0.2) is 104 Å². The Morgan fingerprint density at radius 1 is 0.712 bits per heavy atom. The average Bonchev–Trinajstić information content (AvgIpc) is 4.21. The van der Waals surface area contributed by atoms with Crippen molar-refractivity contribution in [1.29, 1.82) is 0 Å². The number of H-pyrrole nitrogens is 2. The van der Waals surface area contributed by atoms with Crippen LogP contribution in [0.1, 0.15) is 86.7 Å². The monoisotopic (exact) mass is 895 g/mol. The van der Waals surface area contributed by atoms with Crippen LogP contribution < -0.4 is 11.1 Å². The highest BCUT2D eigenvalue weighted by Gasteiger charge is 2.39. The van der Waals surface area contributed by atoms with E-state index in [0.29, 0.717) is 92.7 Å². The summed E-state index contributed by atoms with van der Waals surface area (Å²) in [4.78, 5) is 65.3. The molecular formula is C50H54FN9O6. The highest BCUT2D eigenvalue weighted by Crippen LogP contribution is 2.37. The molecule has 4 aliphatic rings. The molecule has 0 aliphatic carbocycles. The molecule has 4 atom stereocenters. The fraction of sp³-hybridized carbons (Fsp3) is 0.400. The van der Waals surface area contributed by atoms with Gasteiger partial charge in [0, 0.05) is 67.4 Å². The maximum absolute atomic E-state index is 16.0. The number of hydrogen-bond acceptors (Lipinski definition) is 10. The Balaban J connectivity index is 0.811. The van der Waals surface area contributed by atoms with Crippen molar-refractivity contribution in [3.05, 3.63) is 114 Å². The fourth-order valence-electron chi connectivity index (χ4n) is 9.95. The van der Waals surface area contributed by atoms with Crippen LogP contribution >= 0.6 is 0 Å². The Morgan fingerprint density at radius 3 is 2.08 bits per heavy atom. The van der Waals surface area contributed by atoms with Gasteiger partial charge in [0.2, 0.25) is 5.91 Å². The molecule has 3 aromatic heterocycles. The van der Waals surface area contributed by atoms with Gasteiger partial charge in [-0.3, -0.25) is 14.6 Å². The first-order valence-electron chi connectivity index (χ1n) is 23.1. The molecular weight excluding hydrogens is 842 g/mol. The molecule has 4 aliphatic heterocycles. The number of ether oxygens (including phenoxy) is 3. The van der Waals surface area contributed by atoms with Gasteiger partial charge in [-0.2, -0.15) is 0 Å². The molecule has 4 saturated heterocycles. The molecule has 0 spiro atoms. The van der Waals surface area contributed by atoms with Gasteiger partial charge in [0.05, 0.1) is 60.8 Å². The number of hydrogen-bond donors (Lipinski definition) is 4. The Bertz CT molecular complexity index is 2700. The predicted molar refractivity (Wildman–Crippen MR) is 244 cm³/mol. The van der Waals surface area contributed by atoms with Crippen LogP contribution in [0.25, 0.3) is 44.5 Å². The number of halogens is 1. The number of likely N-dealkylation sites (tertiary alicyclic amines) is 2. The number of benzene rings is 3. The van der Waals surface area contributed by atoms with Crippen molar-refractivity contribution in [2.45, 2.75) is 81.6 Å². The summed E-state index contributed by atoms with van der Waals surface area (Å²) in [6.45, 7) is 3.46. The number of carbonyl (C=O) groups excluding carboxylic acids is 3. The van der Waals surface area contributed by atoms with E-state index in [1.165, 1.54) is 6.07 Å². The van der Waals surface area contributed by atoms with Crippen LogP contribution in [0.3, 0.4) is 0 Å². The topological polar surface area (TPSA) is 194 Å². The zero-order valence-electron chi connectivity index (χ0n) is 36.7. The number of carbonyl (C=O) groups is 3. The molecule has 0 unspecified atom stereocenters. The van der Waals surface area contributed by atoms with E-state index in [2.05, 4.69) is 20.3 Å². The molecule has 15 nitrogen and oxygen atoms in total. The summed E-state index contributed by atoms with van der Waals surface area (Å²) in [6, 6.07) is 20.1. The second-order valence-electron chi connectivity index (χ2n) is 17.8. The quantitative estimate of drug-likeness (QED) is 0.101. The second kappa shape index (κ2) is 19.2. The number of nitrogens with zero attached hydrogens (tertiary/aromatic N) is 5. The molecule has 0 bridgehead atoms. The van der Waals surface area contributed by atoms with E-state index in [0.717, 1.165) is 60.0 Å². The first-order chi connectivity index (χ1) is 32.3. The maximum Gasteiger partial charge on any atom is 0.408 e. The number of imidazole rings is 2. The standard InChI is InChI=1S/C50H54FN9O6/c51-38-25-34(39-26-32-10-11-33(24-35(32)27-53-39)40-28-54-46(56-40)42-8-4-18-59(42)48(61)44(52)30-14-20-64-21-15-30)12-13-37(38)41-29-55-47(57-41)43-9-5-19-60(43)49(62)45(31-6-2-1-3-7-31)58-50(63)66-36-16-22-65-23-17-36/h1-3,6-7,10-13,24-30,36,42-45H,4-5,8-9,14-23,52H2,(H,54,56)(H,55,57)(H,58,63)/t42-,43-,44-,45+/m0/s1. The van der Waals surface area contributed by atoms with E-state index in [9.17, 15) is 14.4 Å². The van der Waals surface area contributed by atoms with Gasteiger partial charge < -0.3 is 45.0 Å². The molecule has 5 N–H and O–H groups in total. The number of nitrogens with two attached hydrogens (primary N) is 1. The van der Waals surface area contributed by atoms with Gasteiger partial charge in [0.25, 0.3) is 5.91 Å². The van der Waals surface area contributed by atoms with Gasteiger partial charge in [-0.05, 0) is 79.7 Å². The van der Waals surface area contributed by atoms with Gasteiger partial charge in [-0.25, -0.2) is 19.2 Å². The molecule has 6 aromatic rings. The summed E-state index contributed by atoms with van der Waals surface area (Å²) in [5, 5.41) is 4.69. The number of alkyl carbamates (subject to hydrolysis) is 1. The van der Waals surface area contributed by atoms with Crippen LogP contribution in [0, 0.1) is 11.7 Å². The largest absolute Gasteiger partial charge is 0.446 e. The Hall–Kier alpha value is -6.49. The van der Waals surface area contributed by atoms with Gasteiger partial charge in [0.15, 0.2) is 0 Å². The number of aromatic amines is 2.